The summed E-state index contributed by atoms with van der Waals surface area (Å²) in [6.45, 7) is 0. The Morgan fingerprint density at radius 1 is 1.43 bits per heavy atom. The molecule has 1 aromatic rings. The van der Waals surface area contributed by atoms with Crippen LogP contribution in [0.4, 0.5) is 23.9 Å². The predicted molar refractivity (Wildman–Crippen MR) is 80.2 cm³/mol. The SMILES string of the molecule is CSc1c(NC2(C(F)(F)F)CC2)sc(C(=O)N(C)C)c1N. The van der Waals surface area contributed by atoms with Crippen LogP contribution in [0.25, 0.3) is 0 Å². The predicted octanol–water partition coefficient (Wildman–Crippen LogP) is 3.26. The maximum atomic E-state index is 13.0. The number of rotatable bonds is 4. The van der Waals surface area contributed by atoms with Gasteiger partial charge in [-0.15, -0.1) is 23.1 Å². The lowest BCUT2D eigenvalue weighted by Gasteiger charge is -2.21. The number of nitrogen functional groups attached to an aromatic ring is 1. The van der Waals surface area contributed by atoms with Crippen molar-refractivity contribution in [1.82, 2.24) is 4.90 Å². The molecule has 0 saturated heterocycles. The minimum absolute atomic E-state index is 0.0408. The minimum Gasteiger partial charge on any atom is -0.396 e. The Hall–Kier alpha value is -1.09. The van der Waals surface area contributed by atoms with Gasteiger partial charge >= 0.3 is 6.18 Å². The van der Waals surface area contributed by atoms with Crippen LogP contribution in [0.3, 0.4) is 0 Å². The fourth-order valence-corrected chi connectivity index (χ4v) is 4.03. The van der Waals surface area contributed by atoms with Crippen LogP contribution in [0, 0.1) is 0 Å². The summed E-state index contributed by atoms with van der Waals surface area (Å²) in [6, 6.07) is 0. The average Bonchev–Trinajstić information content (AvgIpc) is 3.09. The molecule has 1 aliphatic rings. The largest absolute Gasteiger partial charge is 0.411 e. The highest BCUT2D eigenvalue weighted by Gasteiger charge is 2.64. The quantitative estimate of drug-likeness (QED) is 0.827. The number of hydrogen-bond donors (Lipinski definition) is 2. The number of nitrogens with two attached hydrogens (primary N) is 1. The molecular formula is C12H16F3N3OS2. The molecule has 1 fully saturated rings. The van der Waals surface area contributed by atoms with Crippen molar-refractivity contribution in [3.63, 3.8) is 0 Å². The Bertz CT molecular complexity index is 565. The lowest BCUT2D eigenvalue weighted by atomic mass is 10.2. The Labute approximate surface area is 128 Å². The van der Waals surface area contributed by atoms with Crippen LogP contribution in [0.1, 0.15) is 22.5 Å². The van der Waals surface area contributed by atoms with E-state index in [2.05, 4.69) is 5.32 Å². The van der Waals surface area contributed by atoms with Crippen molar-refractivity contribution < 1.29 is 18.0 Å². The summed E-state index contributed by atoms with van der Waals surface area (Å²) in [7, 11) is 3.15. The van der Waals surface area contributed by atoms with Gasteiger partial charge in [0.15, 0.2) is 0 Å². The number of amides is 1. The molecule has 1 aromatic heterocycles. The number of halogens is 3. The molecule has 1 saturated carbocycles. The molecule has 2 rings (SSSR count). The van der Waals surface area contributed by atoms with E-state index >= 15 is 0 Å². The Kier molecular flexibility index (Phi) is 4.09. The van der Waals surface area contributed by atoms with Crippen molar-refractivity contribution in [2.75, 3.05) is 31.4 Å². The number of anilines is 2. The number of nitrogens with zero attached hydrogens (tertiary/aromatic N) is 1. The van der Waals surface area contributed by atoms with Gasteiger partial charge in [-0.05, 0) is 19.1 Å². The maximum absolute atomic E-state index is 13.0. The second-order valence-corrected chi connectivity index (χ2v) is 6.95. The first-order valence-corrected chi connectivity index (χ1v) is 8.20. The number of thiophene rings is 1. The Balaban J connectivity index is 2.37. The number of carbonyl (C=O) groups excluding carboxylic acids is 1. The standard InChI is InChI=1S/C12H16F3N3OS2/c1-18(2)10(19)8-6(16)7(20-3)9(21-8)17-11(4-5-11)12(13,14)15/h17H,4-5,16H2,1-3H3. The minimum atomic E-state index is -4.31. The first kappa shape index (κ1) is 16.3. The van der Waals surface area contributed by atoms with E-state index < -0.39 is 11.7 Å². The lowest BCUT2D eigenvalue weighted by Crippen LogP contribution is -2.38. The molecular weight excluding hydrogens is 323 g/mol. The van der Waals surface area contributed by atoms with Gasteiger partial charge in [-0.2, -0.15) is 13.2 Å². The van der Waals surface area contributed by atoms with E-state index in [1.165, 1.54) is 16.7 Å². The molecule has 0 aromatic carbocycles. The number of thioether (sulfide) groups is 1. The summed E-state index contributed by atoms with van der Waals surface area (Å²) < 4.78 is 39.1. The highest BCUT2D eigenvalue weighted by molar-refractivity contribution is 7.99. The van der Waals surface area contributed by atoms with E-state index in [0.717, 1.165) is 11.3 Å². The monoisotopic (exact) mass is 339 g/mol. The summed E-state index contributed by atoms with van der Waals surface area (Å²) >= 11 is 2.22. The van der Waals surface area contributed by atoms with E-state index in [0.29, 0.717) is 9.90 Å². The third-order valence-electron chi connectivity index (χ3n) is 3.35. The lowest BCUT2D eigenvalue weighted by molar-refractivity contribution is -0.151. The first-order valence-electron chi connectivity index (χ1n) is 6.16. The van der Waals surface area contributed by atoms with Crippen LogP contribution in [-0.4, -0.2) is 42.9 Å². The van der Waals surface area contributed by atoms with Crippen LogP contribution >= 0.6 is 23.1 Å². The number of hydrogen-bond acceptors (Lipinski definition) is 5. The van der Waals surface area contributed by atoms with Crippen LogP contribution in [0.15, 0.2) is 4.90 Å². The molecule has 1 heterocycles. The Morgan fingerprint density at radius 3 is 2.38 bits per heavy atom. The van der Waals surface area contributed by atoms with Gasteiger partial charge in [0.2, 0.25) is 0 Å². The Morgan fingerprint density at radius 2 is 2.00 bits per heavy atom. The molecule has 0 atom stereocenters. The molecule has 9 heteroatoms. The van der Waals surface area contributed by atoms with Gasteiger partial charge in [0.25, 0.3) is 5.91 Å². The van der Waals surface area contributed by atoms with Gasteiger partial charge in [-0.1, -0.05) is 0 Å². The van der Waals surface area contributed by atoms with Crippen molar-refractivity contribution >= 4 is 39.7 Å². The second kappa shape index (κ2) is 5.28. The third-order valence-corrected chi connectivity index (χ3v) is 5.42. The number of nitrogens with one attached hydrogen (secondary N) is 1. The average molecular weight is 339 g/mol. The van der Waals surface area contributed by atoms with Crippen molar-refractivity contribution in [1.29, 1.82) is 0 Å². The van der Waals surface area contributed by atoms with E-state index in [-0.39, 0.29) is 29.3 Å². The van der Waals surface area contributed by atoms with E-state index in [4.69, 9.17) is 5.73 Å². The molecule has 0 bridgehead atoms. The molecule has 3 N–H and O–H groups in total. The molecule has 0 radical (unpaired) electrons. The maximum Gasteiger partial charge on any atom is 0.411 e. The van der Waals surface area contributed by atoms with Gasteiger partial charge in [0, 0.05) is 14.1 Å². The fourth-order valence-electron chi connectivity index (χ4n) is 1.90. The fraction of sp³-hybridized carbons (Fsp3) is 0.583. The zero-order valence-corrected chi connectivity index (χ0v) is 13.4. The molecule has 0 aliphatic heterocycles. The topological polar surface area (TPSA) is 58.4 Å². The number of alkyl halides is 3. The summed E-state index contributed by atoms with van der Waals surface area (Å²) in [4.78, 5) is 14.1. The van der Waals surface area contributed by atoms with E-state index in [1.807, 2.05) is 0 Å². The zero-order valence-electron chi connectivity index (χ0n) is 11.8. The van der Waals surface area contributed by atoms with E-state index in [1.54, 1.807) is 20.4 Å². The highest BCUT2D eigenvalue weighted by atomic mass is 32.2. The first-order chi connectivity index (χ1) is 9.63. The smallest absolute Gasteiger partial charge is 0.396 e. The van der Waals surface area contributed by atoms with Gasteiger partial charge < -0.3 is 16.0 Å². The van der Waals surface area contributed by atoms with Gasteiger partial charge in [-0.25, -0.2) is 0 Å². The van der Waals surface area contributed by atoms with Crippen LogP contribution in [-0.2, 0) is 0 Å². The van der Waals surface area contributed by atoms with Crippen LogP contribution in [0.5, 0.6) is 0 Å². The molecule has 118 valence electrons. The summed E-state index contributed by atoms with van der Waals surface area (Å²) in [6.07, 6.45) is -2.51. The molecule has 0 spiro atoms. The normalized spacial score (nSPS) is 16.7. The molecule has 21 heavy (non-hydrogen) atoms. The zero-order chi connectivity index (χ0) is 16.0. The van der Waals surface area contributed by atoms with Crippen LogP contribution in [0.2, 0.25) is 0 Å². The molecule has 4 nitrogen and oxygen atoms in total. The van der Waals surface area contributed by atoms with Gasteiger partial charge in [-0.3, -0.25) is 4.79 Å². The van der Waals surface area contributed by atoms with Crippen molar-refractivity contribution in [2.45, 2.75) is 29.5 Å². The highest BCUT2D eigenvalue weighted by Crippen LogP contribution is 2.54. The third kappa shape index (κ3) is 2.80. The van der Waals surface area contributed by atoms with Gasteiger partial charge in [0.1, 0.15) is 15.4 Å². The van der Waals surface area contributed by atoms with E-state index in [9.17, 15) is 18.0 Å². The molecule has 0 unspecified atom stereocenters. The van der Waals surface area contributed by atoms with Crippen LogP contribution < -0.4 is 11.1 Å². The number of carbonyl (C=O) groups is 1. The molecule has 1 amide bonds. The van der Waals surface area contributed by atoms with Crippen molar-refractivity contribution in [2.24, 2.45) is 0 Å². The second-order valence-electron chi connectivity index (χ2n) is 5.11. The molecule has 1 aliphatic carbocycles. The van der Waals surface area contributed by atoms with Crippen molar-refractivity contribution in [3.8, 4) is 0 Å². The summed E-state index contributed by atoms with van der Waals surface area (Å²) in [5.74, 6) is -0.308. The van der Waals surface area contributed by atoms with Crippen molar-refractivity contribution in [3.05, 3.63) is 4.88 Å². The summed E-state index contributed by atoms with van der Waals surface area (Å²) in [5, 5.41) is 2.89. The summed E-state index contributed by atoms with van der Waals surface area (Å²) in [5.41, 5.74) is 4.30. The van der Waals surface area contributed by atoms with Gasteiger partial charge in [0.05, 0.1) is 10.6 Å².